The molecule has 2 heterocycles. The van der Waals surface area contributed by atoms with E-state index in [-0.39, 0.29) is 6.04 Å². The molecule has 1 atom stereocenters. The number of furan rings is 1. The molecule has 0 spiro atoms. The van der Waals surface area contributed by atoms with Gasteiger partial charge in [0, 0.05) is 18.2 Å². The van der Waals surface area contributed by atoms with Crippen molar-refractivity contribution in [3.05, 3.63) is 47.2 Å². The number of aromatic nitrogens is 1. The Bertz CT molecular complexity index is 611. The van der Waals surface area contributed by atoms with E-state index in [1.807, 2.05) is 32.0 Å². The van der Waals surface area contributed by atoms with Gasteiger partial charge in [0.1, 0.15) is 11.8 Å². The molecule has 2 aromatic heterocycles. The summed E-state index contributed by atoms with van der Waals surface area (Å²) >= 11 is 0. The van der Waals surface area contributed by atoms with Gasteiger partial charge in [0.25, 0.3) is 0 Å². The van der Waals surface area contributed by atoms with Crippen molar-refractivity contribution in [1.82, 2.24) is 4.98 Å². The Labute approximate surface area is 119 Å². The number of aryl methyl sites for hydroxylation is 3. The van der Waals surface area contributed by atoms with E-state index in [9.17, 15) is 5.26 Å². The summed E-state index contributed by atoms with van der Waals surface area (Å²) in [6, 6.07) is 8.29. The van der Waals surface area contributed by atoms with Gasteiger partial charge in [-0.1, -0.05) is 0 Å². The molecule has 0 saturated carbocycles. The van der Waals surface area contributed by atoms with Gasteiger partial charge >= 0.3 is 0 Å². The topological polar surface area (TPSA) is 61.9 Å². The van der Waals surface area contributed by atoms with Crippen LogP contribution in [0.2, 0.25) is 0 Å². The highest BCUT2D eigenvalue weighted by Crippen LogP contribution is 2.20. The number of hydrogen-bond donors (Lipinski definition) is 1. The molecule has 0 saturated heterocycles. The van der Waals surface area contributed by atoms with Crippen molar-refractivity contribution < 1.29 is 4.42 Å². The van der Waals surface area contributed by atoms with E-state index in [1.165, 1.54) is 0 Å². The molecule has 0 amide bonds. The van der Waals surface area contributed by atoms with Crippen molar-refractivity contribution in [2.75, 3.05) is 5.32 Å². The molecule has 0 radical (unpaired) electrons. The van der Waals surface area contributed by atoms with Crippen LogP contribution >= 0.6 is 0 Å². The third-order valence-corrected chi connectivity index (χ3v) is 3.25. The van der Waals surface area contributed by atoms with Crippen molar-refractivity contribution in [1.29, 1.82) is 5.26 Å². The summed E-state index contributed by atoms with van der Waals surface area (Å²) in [6.45, 7) is 5.91. The van der Waals surface area contributed by atoms with Crippen LogP contribution < -0.4 is 5.32 Å². The van der Waals surface area contributed by atoms with Crippen molar-refractivity contribution in [3.63, 3.8) is 0 Å². The minimum absolute atomic E-state index is 0.258. The molecule has 104 valence electrons. The fraction of sp³-hybridized carbons (Fsp3) is 0.375. The molecule has 0 aromatic carbocycles. The minimum Gasteiger partial charge on any atom is -0.469 e. The lowest BCUT2D eigenvalue weighted by atomic mass is 10.1. The standard InChI is InChI=1S/C16H19N3O/c1-11(6-7-14-5-4-8-20-14)19-16-9-12(2)18-13(3)15(16)10-17/h4-5,8-9,11H,6-7H2,1-3H3,(H,18,19). The lowest BCUT2D eigenvalue weighted by Gasteiger charge is -2.17. The van der Waals surface area contributed by atoms with E-state index in [0.717, 1.165) is 35.7 Å². The fourth-order valence-electron chi connectivity index (χ4n) is 2.23. The molecule has 0 aliphatic heterocycles. The van der Waals surface area contributed by atoms with Gasteiger partial charge in [0.15, 0.2) is 0 Å². The van der Waals surface area contributed by atoms with Crippen LogP contribution in [0.15, 0.2) is 28.9 Å². The summed E-state index contributed by atoms with van der Waals surface area (Å²) < 4.78 is 5.33. The number of nitrogens with one attached hydrogen (secondary N) is 1. The maximum atomic E-state index is 9.24. The van der Waals surface area contributed by atoms with Crippen LogP contribution in [-0.2, 0) is 6.42 Å². The van der Waals surface area contributed by atoms with Crippen LogP contribution in [0.3, 0.4) is 0 Å². The van der Waals surface area contributed by atoms with Gasteiger partial charge in [-0.05, 0) is 45.4 Å². The Kier molecular flexibility index (Phi) is 4.41. The number of hydrogen-bond acceptors (Lipinski definition) is 4. The molecule has 2 aromatic rings. The highest BCUT2D eigenvalue weighted by atomic mass is 16.3. The summed E-state index contributed by atoms with van der Waals surface area (Å²) in [5.74, 6) is 0.987. The number of nitriles is 1. The summed E-state index contributed by atoms with van der Waals surface area (Å²) in [5.41, 5.74) is 3.18. The lowest BCUT2D eigenvalue weighted by Crippen LogP contribution is -2.17. The van der Waals surface area contributed by atoms with Crippen molar-refractivity contribution >= 4 is 5.69 Å². The van der Waals surface area contributed by atoms with E-state index in [0.29, 0.717) is 5.56 Å². The van der Waals surface area contributed by atoms with Gasteiger partial charge in [-0.2, -0.15) is 5.26 Å². The second-order valence-electron chi connectivity index (χ2n) is 5.05. The van der Waals surface area contributed by atoms with Crippen molar-refractivity contribution in [2.45, 2.75) is 39.7 Å². The molecule has 0 aliphatic rings. The third-order valence-electron chi connectivity index (χ3n) is 3.25. The molecule has 2 rings (SSSR count). The maximum Gasteiger partial charge on any atom is 0.103 e. The van der Waals surface area contributed by atoms with Crippen LogP contribution in [0.1, 0.15) is 36.1 Å². The second-order valence-corrected chi connectivity index (χ2v) is 5.05. The maximum absolute atomic E-state index is 9.24. The highest BCUT2D eigenvalue weighted by Gasteiger charge is 2.11. The van der Waals surface area contributed by atoms with Crippen molar-refractivity contribution in [2.24, 2.45) is 0 Å². The van der Waals surface area contributed by atoms with Gasteiger partial charge in [-0.25, -0.2) is 0 Å². The first kappa shape index (κ1) is 14.1. The number of pyridine rings is 1. The Morgan fingerprint density at radius 1 is 1.45 bits per heavy atom. The molecular weight excluding hydrogens is 250 g/mol. The van der Waals surface area contributed by atoms with Gasteiger partial charge in [0.2, 0.25) is 0 Å². The predicted octanol–water partition coefficient (Wildman–Crippen LogP) is 3.60. The molecule has 0 aliphatic carbocycles. The van der Waals surface area contributed by atoms with Crippen LogP contribution in [0.4, 0.5) is 5.69 Å². The van der Waals surface area contributed by atoms with Gasteiger partial charge < -0.3 is 9.73 Å². The molecular formula is C16H19N3O. The second kappa shape index (κ2) is 6.25. The molecule has 1 unspecified atom stereocenters. The third kappa shape index (κ3) is 3.39. The Balaban J connectivity index is 2.04. The number of anilines is 1. The zero-order valence-electron chi connectivity index (χ0n) is 12.1. The predicted molar refractivity (Wildman–Crippen MR) is 78.5 cm³/mol. The average molecular weight is 269 g/mol. The average Bonchev–Trinajstić information content (AvgIpc) is 2.89. The van der Waals surface area contributed by atoms with Crippen LogP contribution in [0, 0.1) is 25.2 Å². The van der Waals surface area contributed by atoms with Gasteiger partial charge in [-0.15, -0.1) is 0 Å². The number of rotatable bonds is 5. The highest BCUT2D eigenvalue weighted by molar-refractivity contribution is 5.60. The fourth-order valence-corrected chi connectivity index (χ4v) is 2.23. The smallest absolute Gasteiger partial charge is 0.103 e. The molecule has 4 nitrogen and oxygen atoms in total. The quantitative estimate of drug-likeness (QED) is 0.901. The lowest BCUT2D eigenvalue weighted by molar-refractivity contribution is 0.495. The van der Waals surface area contributed by atoms with Gasteiger partial charge in [0.05, 0.1) is 23.2 Å². The molecule has 0 bridgehead atoms. The van der Waals surface area contributed by atoms with E-state index >= 15 is 0 Å². The normalized spacial score (nSPS) is 11.9. The molecule has 0 fully saturated rings. The Hall–Kier alpha value is -2.28. The first-order valence-electron chi connectivity index (χ1n) is 6.77. The summed E-state index contributed by atoms with van der Waals surface area (Å²) in [4.78, 5) is 4.32. The first-order chi connectivity index (χ1) is 9.60. The largest absolute Gasteiger partial charge is 0.469 e. The van der Waals surface area contributed by atoms with Gasteiger partial charge in [-0.3, -0.25) is 4.98 Å². The minimum atomic E-state index is 0.258. The Morgan fingerprint density at radius 2 is 2.25 bits per heavy atom. The summed E-state index contributed by atoms with van der Waals surface area (Å²) in [5, 5.41) is 12.6. The van der Waals surface area contributed by atoms with Crippen molar-refractivity contribution in [3.8, 4) is 6.07 Å². The number of nitrogens with zero attached hydrogens (tertiary/aromatic N) is 2. The zero-order chi connectivity index (χ0) is 14.5. The molecule has 4 heteroatoms. The van der Waals surface area contributed by atoms with Crippen LogP contribution in [0.5, 0.6) is 0 Å². The SMILES string of the molecule is Cc1cc(NC(C)CCc2ccco2)c(C#N)c(C)n1. The zero-order valence-corrected chi connectivity index (χ0v) is 12.1. The summed E-state index contributed by atoms with van der Waals surface area (Å²) in [6.07, 6.45) is 3.52. The molecule has 1 N–H and O–H groups in total. The molecule has 20 heavy (non-hydrogen) atoms. The monoisotopic (exact) mass is 269 g/mol. The van der Waals surface area contributed by atoms with E-state index in [1.54, 1.807) is 6.26 Å². The summed E-state index contributed by atoms with van der Waals surface area (Å²) in [7, 11) is 0. The Morgan fingerprint density at radius 3 is 2.90 bits per heavy atom. The first-order valence-corrected chi connectivity index (χ1v) is 6.77. The van der Waals surface area contributed by atoms with Crippen LogP contribution in [-0.4, -0.2) is 11.0 Å². The van der Waals surface area contributed by atoms with E-state index in [4.69, 9.17) is 4.42 Å². The van der Waals surface area contributed by atoms with Crippen LogP contribution in [0.25, 0.3) is 0 Å². The van der Waals surface area contributed by atoms with E-state index < -0.39 is 0 Å². The van der Waals surface area contributed by atoms with E-state index in [2.05, 4.69) is 23.3 Å².